The zero-order chi connectivity index (χ0) is 18.0. The van der Waals surface area contributed by atoms with Crippen LogP contribution in [0, 0.1) is 0 Å². The molecule has 3 amide bonds. The van der Waals surface area contributed by atoms with Crippen molar-refractivity contribution in [2.75, 3.05) is 13.2 Å². The lowest BCUT2D eigenvalue weighted by Crippen LogP contribution is -2.41. The largest absolute Gasteiger partial charge is 0.480 e. The molecule has 0 aliphatic carbocycles. The summed E-state index contributed by atoms with van der Waals surface area (Å²) in [5, 5.41) is 11.4. The number of amides is 3. The molecule has 25 heavy (non-hydrogen) atoms. The average molecular weight is 348 g/mol. The number of hydrogen-bond acceptors (Lipinski definition) is 5. The molecule has 3 rings (SSSR count). The quantitative estimate of drug-likeness (QED) is 0.780. The first-order valence-corrected chi connectivity index (χ1v) is 8.15. The first-order valence-electron chi connectivity index (χ1n) is 8.15. The second-order valence-corrected chi connectivity index (χ2v) is 6.28. The topological polar surface area (TPSA) is 105 Å². The van der Waals surface area contributed by atoms with Gasteiger partial charge in [-0.25, -0.2) is 4.79 Å². The van der Waals surface area contributed by atoms with Crippen LogP contribution in [0.2, 0.25) is 0 Å². The lowest BCUT2D eigenvalue weighted by atomic mass is 9.92. The molecular formula is C17H20N2O6. The highest BCUT2D eigenvalue weighted by atomic mass is 16.7. The van der Waals surface area contributed by atoms with E-state index in [1.54, 1.807) is 31.2 Å². The van der Waals surface area contributed by atoms with E-state index >= 15 is 0 Å². The van der Waals surface area contributed by atoms with Crippen LogP contribution in [0.1, 0.15) is 31.7 Å². The van der Waals surface area contributed by atoms with E-state index in [0.29, 0.717) is 22.8 Å². The summed E-state index contributed by atoms with van der Waals surface area (Å²) in [5.74, 6) is -1.23. The van der Waals surface area contributed by atoms with Crippen molar-refractivity contribution in [1.82, 2.24) is 10.2 Å². The maximum atomic E-state index is 12.5. The third-order valence-corrected chi connectivity index (χ3v) is 4.41. The molecule has 2 atom stereocenters. The predicted molar refractivity (Wildman–Crippen MR) is 85.9 cm³/mol. The van der Waals surface area contributed by atoms with E-state index in [9.17, 15) is 14.4 Å². The minimum Gasteiger partial charge on any atom is -0.480 e. The van der Waals surface area contributed by atoms with Crippen LogP contribution in [0.25, 0.3) is 0 Å². The Kier molecular flexibility index (Phi) is 4.63. The fourth-order valence-electron chi connectivity index (χ4n) is 2.99. The predicted octanol–water partition coefficient (Wildman–Crippen LogP) is 1.44. The smallest absolute Gasteiger partial charge is 0.325 e. The first kappa shape index (κ1) is 17.2. The SMILES string of the molecule is C[C@]1(c2ccc(O[C@H]3CCCCO3)cc2)NC(=O)N(CC(=O)O)C1=O. The van der Waals surface area contributed by atoms with Crippen molar-refractivity contribution in [3.8, 4) is 5.75 Å². The van der Waals surface area contributed by atoms with Gasteiger partial charge in [0.25, 0.3) is 5.91 Å². The number of imide groups is 1. The molecule has 134 valence electrons. The van der Waals surface area contributed by atoms with E-state index in [4.69, 9.17) is 14.6 Å². The summed E-state index contributed by atoms with van der Waals surface area (Å²) in [6.45, 7) is 1.57. The Labute approximate surface area is 144 Å². The molecule has 1 aromatic rings. The molecule has 0 spiro atoms. The fourth-order valence-corrected chi connectivity index (χ4v) is 2.99. The Balaban J connectivity index is 1.73. The molecule has 0 bridgehead atoms. The second-order valence-electron chi connectivity index (χ2n) is 6.28. The van der Waals surface area contributed by atoms with E-state index in [1.807, 2.05) is 0 Å². The summed E-state index contributed by atoms with van der Waals surface area (Å²) in [5.41, 5.74) is -0.748. The van der Waals surface area contributed by atoms with Gasteiger partial charge >= 0.3 is 12.0 Å². The van der Waals surface area contributed by atoms with Gasteiger partial charge in [0.15, 0.2) is 6.29 Å². The van der Waals surface area contributed by atoms with Gasteiger partial charge in [0, 0.05) is 6.42 Å². The number of benzene rings is 1. The second kappa shape index (κ2) is 6.72. The molecular weight excluding hydrogens is 328 g/mol. The minimum atomic E-state index is -1.30. The Morgan fingerprint density at radius 2 is 2.08 bits per heavy atom. The summed E-state index contributed by atoms with van der Waals surface area (Å²) in [7, 11) is 0. The van der Waals surface area contributed by atoms with E-state index < -0.39 is 30.0 Å². The number of nitrogens with zero attached hydrogens (tertiary/aromatic N) is 1. The van der Waals surface area contributed by atoms with Crippen molar-refractivity contribution in [2.45, 2.75) is 38.0 Å². The van der Waals surface area contributed by atoms with Gasteiger partial charge in [-0.1, -0.05) is 12.1 Å². The molecule has 2 fully saturated rings. The summed E-state index contributed by atoms with van der Waals surface area (Å²) < 4.78 is 11.3. The molecule has 0 radical (unpaired) electrons. The Bertz CT molecular complexity index is 683. The third-order valence-electron chi connectivity index (χ3n) is 4.41. The number of hydrogen-bond donors (Lipinski definition) is 2. The Morgan fingerprint density at radius 1 is 1.36 bits per heavy atom. The monoisotopic (exact) mass is 348 g/mol. The van der Waals surface area contributed by atoms with Crippen molar-refractivity contribution in [3.63, 3.8) is 0 Å². The van der Waals surface area contributed by atoms with Gasteiger partial charge in [-0.2, -0.15) is 0 Å². The number of aliphatic carboxylic acids is 1. The summed E-state index contributed by atoms with van der Waals surface area (Å²) in [6, 6.07) is 6.06. The van der Waals surface area contributed by atoms with E-state index in [2.05, 4.69) is 5.32 Å². The minimum absolute atomic E-state index is 0.269. The molecule has 2 heterocycles. The van der Waals surface area contributed by atoms with Gasteiger partial charge in [0.2, 0.25) is 0 Å². The zero-order valence-electron chi connectivity index (χ0n) is 13.9. The van der Waals surface area contributed by atoms with Crippen molar-refractivity contribution in [3.05, 3.63) is 29.8 Å². The van der Waals surface area contributed by atoms with E-state index in [-0.39, 0.29) is 6.29 Å². The van der Waals surface area contributed by atoms with Gasteiger partial charge < -0.3 is 19.9 Å². The molecule has 0 saturated carbocycles. The molecule has 8 nitrogen and oxygen atoms in total. The maximum Gasteiger partial charge on any atom is 0.325 e. The first-order chi connectivity index (χ1) is 11.9. The van der Waals surface area contributed by atoms with Gasteiger partial charge in [-0.3, -0.25) is 14.5 Å². The summed E-state index contributed by atoms with van der Waals surface area (Å²) in [6.07, 6.45) is 2.65. The number of urea groups is 1. The van der Waals surface area contributed by atoms with Crippen molar-refractivity contribution in [2.24, 2.45) is 0 Å². The number of carboxylic acid groups (broad SMARTS) is 1. The number of ether oxygens (including phenoxy) is 2. The van der Waals surface area contributed by atoms with Gasteiger partial charge in [0.1, 0.15) is 17.8 Å². The molecule has 1 aromatic carbocycles. The fraction of sp³-hybridized carbons (Fsp3) is 0.471. The number of carboxylic acids is 1. The van der Waals surface area contributed by atoms with Crippen LogP contribution in [-0.2, 0) is 19.9 Å². The molecule has 0 unspecified atom stereocenters. The molecule has 2 aliphatic rings. The summed E-state index contributed by atoms with van der Waals surface area (Å²) >= 11 is 0. The van der Waals surface area contributed by atoms with Crippen molar-refractivity contribution in [1.29, 1.82) is 0 Å². The number of carbonyl (C=O) groups excluding carboxylic acids is 2. The van der Waals surface area contributed by atoms with E-state index in [1.165, 1.54) is 0 Å². The van der Waals surface area contributed by atoms with Gasteiger partial charge in [-0.05, 0) is 37.5 Å². The van der Waals surface area contributed by atoms with E-state index in [0.717, 1.165) is 19.3 Å². The number of nitrogens with one attached hydrogen (secondary N) is 1. The average Bonchev–Trinajstić information content (AvgIpc) is 2.80. The van der Waals surface area contributed by atoms with Gasteiger partial charge in [-0.15, -0.1) is 0 Å². The highest BCUT2D eigenvalue weighted by Crippen LogP contribution is 2.30. The van der Waals surface area contributed by atoms with Crippen molar-refractivity contribution >= 4 is 17.9 Å². The van der Waals surface area contributed by atoms with Gasteiger partial charge in [0.05, 0.1) is 6.61 Å². The molecule has 2 aliphatic heterocycles. The normalized spacial score (nSPS) is 26.4. The highest BCUT2D eigenvalue weighted by Gasteiger charge is 2.49. The molecule has 2 N–H and O–H groups in total. The summed E-state index contributed by atoms with van der Waals surface area (Å²) in [4.78, 5) is 36.0. The van der Waals surface area contributed by atoms with Crippen LogP contribution >= 0.6 is 0 Å². The Morgan fingerprint density at radius 3 is 2.68 bits per heavy atom. The molecule has 8 heteroatoms. The van der Waals surface area contributed by atoms with Crippen LogP contribution < -0.4 is 10.1 Å². The lowest BCUT2D eigenvalue weighted by molar-refractivity contribution is -0.142. The number of carbonyl (C=O) groups is 3. The molecule has 2 saturated heterocycles. The van der Waals surface area contributed by atoms with Crippen molar-refractivity contribution < 1.29 is 29.0 Å². The van der Waals surface area contributed by atoms with Crippen LogP contribution in [0.3, 0.4) is 0 Å². The molecule has 0 aromatic heterocycles. The van der Waals surface area contributed by atoms with Crippen LogP contribution in [0.5, 0.6) is 5.75 Å². The third kappa shape index (κ3) is 3.43. The maximum absolute atomic E-state index is 12.5. The zero-order valence-corrected chi connectivity index (χ0v) is 13.9. The van der Waals surface area contributed by atoms with Crippen LogP contribution in [0.15, 0.2) is 24.3 Å². The Hall–Kier alpha value is -2.61. The highest BCUT2D eigenvalue weighted by molar-refractivity contribution is 6.08. The standard InChI is InChI=1S/C17H20N2O6/c1-17(15(22)19(10-13(20)21)16(23)18-17)11-5-7-12(8-6-11)25-14-4-2-3-9-24-14/h5-8,14H,2-4,9-10H2,1H3,(H,18,23)(H,20,21)/t14-,17+/m0/s1. The number of rotatable bonds is 5. The van der Waals surface area contributed by atoms with Crippen LogP contribution in [0.4, 0.5) is 4.79 Å². The van der Waals surface area contributed by atoms with Crippen LogP contribution in [-0.4, -0.2) is 47.4 Å². The lowest BCUT2D eigenvalue weighted by Gasteiger charge is -2.25.